The molecule has 0 saturated carbocycles. The maximum atomic E-state index is 13.6. The van der Waals surface area contributed by atoms with Gasteiger partial charge in [-0.15, -0.1) is 0 Å². The minimum atomic E-state index is -0.836. The maximum absolute atomic E-state index is 13.6. The number of carbonyl (C=O) groups excluding carboxylic acids is 1. The van der Waals surface area contributed by atoms with E-state index in [1.54, 1.807) is 18.1 Å². The highest BCUT2D eigenvalue weighted by Crippen LogP contribution is 2.20. The second-order valence-corrected chi connectivity index (χ2v) is 6.02. The van der Waals surface area contributed by atoms with Crippen LogP contribution in [-0.4, -0.2) is 48.0 Å². The highest BCUT2D eigenvalue weighted by molar-refractivity contribution is 5.81. The second kappa shape index (κ2) is 7.65. The molecule has 0 bridgehead atoms. The fraction of sp³-hybridized carbons (Fsp3) is 0.389. The van der Waals surface area contributed by atoms with Crippen molar-refractivity contribution in [2.75, 3.05) is 26.2 Å². The smallest absolute Gasteiger partial charge is 0.263 e. The molecule has 25 heavy (non-hydrogen) atoms. The van der Waals surface area contributed by atoms with E-state index in [0.717, 1.165) is 31.0 Å². The molecular formula is C18H20F2N2O3. The lowest BCUT2D eigenvalue weighted by Gasteiger charge is -2.35. The standard InChI is InChI=1S/C18H20F2N2O3/c1-13(25-17-5-4-14(19)11-16(17)20)18(23)22-8-6-21(7-9-22)12-15-3-2-10-24-15/h2-5,10-11,13H,6-9,12H2,1H3. The molecule has 1 aromatic carbocycles. The Balaban J connectivity index is 1.51. The Kier molecular flexibility index (Phi) is 5.33. The number of hydrogen-bond donors (Lipinski definition) is 0. The number of benzene rings is 1. The van der Waals surface area contributed by atoms with Crippen LogP contribution >= 0.6 is 0 Å². The summed E-state index contributed by atoms with van der Waals surface area (Å²) in [6.45, 7) is 4.87. The van der Waals surface area contributed by atoms with E-state index >= 15 is 0 Å². The Morgan fingerprint density at radius 1 is 1.24 bits per heavy atom. The molecule has 0 N–H and O–H groups in total. The number of ether oxygens (including phenoxy) is 1. The first kappa shape index (κ1) is 17.4. The summed E-state index contributed by atoms with van der Waals surface area (Å²) in [5, 5.41) is 0. The lowest BCUT2D eigenvalue weighted by Crippen LogP contribution is -2.51. The Hall–Kier alpha value is -2.41. The van der Waals surface area contributed by atoms with Crippen molar-refractivity contribution in [1.82, 2.24) is 9.80 Å². The molecule has 1 amide bonds. The summed E-state index contributed by atoms with van der Waals surface area (Å²) in [7, 11) is 0. The number of halogens is 2. The van der Waals surface area contributed by atoms with Crippen LogP contribution in [0.15, 0.2) is 41.0 Å². The predicted molar refractivity (Wildman–Crippen MR) is 87.0 cm³/mol. The molecule has 2 aromatic rings. The second-order valence-electron chi connectivity index (χ2n) is 6.02. The number of carbonyl (C=O) groups is 1. The number of nitrogens with zero attached hydrogens (tertiary/aromatic N) is 2. The van der Waals surface area contributed by atoms with Crippen LogP contribution in [0.25, 0.3) is 0 Å². The average molecular weight is 350 g/mol. The van der Waals surface area contributed by atoms with Crippen LogP contribution < -0.4 is 4.74 Å². The minimum Gasteiger partial charge on any atom is -0.478 e. The quantitative estimate of drug-likeness (QED) is 0.832. The molecular weight excluding hydrogens is 330 g/mol. The van der Waals surface area contributed by atoms with E-state index in [-0.39, 0.29) is 11.7 Å². The molecule has 1 aromatic heterocycles. The molecule has 1 unspecified atom stereocenters. The van der Waals surface area contributed by atoms with E-state index < -0.39 is 17.7 Å². The number of piperazine rings is 1. The number of amides is 1. The topological polar surface area (TPSA) is 45.9 Å². The van der Waals surface area contributed by atoms with Gasteiger partial charge >= 0.3 is 0 Å². The van der Waals surface area contributed by atoms with E-state index in [1.807, 2.05) is 12.1 Å². The van der Waals surface area contributed by atoms with E-state index in [4.69, 9.17) is 9.15 Å². The highest BCUT2D eigenvalue weighted by atomic mass is 19.1. The zero-order chi connectivity index (χ0) is 17.8. The number of hydrogen-bond acceptors (Lipinski definition) is 4. The summed E-state index contributed by atoms with van der Waals surface area (Å²) < 4.78 is 37.3. The molecule has 1 fully saturated rings. The van der Waals surface area contributed by atoms with Gasteiger partial charge in [0.1, 0.15) is 11.6 Å². The first-order valence-corrected chi connectivity index (χ1v) is 8.18. The molecule has 7 heteroatoms. The van der Waals surface area contributed by atoms with Crippen LogP contribution in [0, 0.1) is 11.6 Å². The largest absolute Gasteiger partial charge is 0.478 e. The van der Waals surface area contributed by atoms with Gasteiger partial charge in [0.25, 0.3) is 5.91 Å². The van der Waals surface area contributed by atoms with Crippen LogP contribution in [0.3, 0.4) is 0 Å². The first-order valence-electron chi connectivity index (χ1n) is 8.18. The Morgan fingerprint density at radius 3 is 2.64 bits per heavy atom. The molecule has 1 saturated heterocycles. The van der Waals surface area contributed by atoms with Crippen molar-refractivity contribution in [1.29, 1.82) is 0 Å². The maximum Gasteiger partial charge on any atom is 0.263 e. The minimum absolute atomic E-state index is 0.126. The fourth-order valence-corrected chi connectivity index (χ4v) is 2.82. The first-order chi connectivity index (χ1) is 12.0. The molecule has 2 heterocycles. The van der Waals surface area contributed by atoms with Crippen molar-refractivity contribution in [2.45, 2.75) is 19.6 Å². The van der Waals surface area contributed by atoms with E-state index in [9.17, 15) is 13.6 Å². The van der Waals surface area contributed by atoms with Crippen LogP contribution in [0.1, 0.15) is 12.7 Å². The van der Waals surface area contributed by atoms with Gasteiger partial charge in [-0.05, 0) is 31.2 Å². The van der Waals surface area contributed by atoms with E-state index in [0.29, 0.717) is 19.6 Å². The van der Waals surface area contributed by atoms with Crippen molar-refractivity contribution in [3.63, 3.8) is 0 Å². The molecule has 3 rings (SSSR count). The van der Waals surface area contributed by atoms with Gasteiger partial charge in [0.15, 0.2) is 17.7 Å². The van der Waals surface area contributed by atoms with Gasteiger partial charge in [0.2, 0.25) is 0 Å². The van der Waals surface area contributed by atoms with Crippen molar-refractivity contribution in [3.8, 4) is 5.75 Å². The summed E-state index contributed by atoms with van der Waals surface area (Å²) in [5.41, 5.74) is 0. The average Bonchev–Trinajstić information content (AvgIpc) is 3.10. The lowest BCUT2D eigenvalue weighted by atomic mass is 10.2. The SMILES string of the molecule is CC(Oc1ccc(F)cc1F)C(=O)N1CCN(Cc2ccco2)CC1. The lowest BCUT2D eigenvalue weighted by molar-refractivity contribution is -0.139. The van der Waals surface area contributed by atoms with Crippen molar-refractivity contribution in [2.24, 2.45) is 0 Å². The van der Waals surface area contributed by atoms with Crippen molar-refractivity contribution < 1.29 is 22.7 Å². The molecule has 1 aliphatic heterocycles. The van der Waals surface area contributed by atoms with Gasteiger partial charge in [-0.25, -0.2) is 8.78 Å². The molecule has 134 valence electrons. The Bertz CT molecular complexity index is 713. The highest BCUT2D eigenvalue weighted by Gasteiger charge is 2.26. The summed E-state index contributed by atoms with van der Waals surface area (Å²) in [6.07, 6.45) is 0.805. The summed E-state index contributed by atoms with van der Waals surface area (Å²) in [6, 6.07) is 6.80. The third-order valence-electron chi connectivity index (χ3n) is 4.19. The van der Waals surface area contributed by atoms with E-state index in [1.165, 1.54) is 6.07 Å². The van der Waals surface area contributed by atoms with Gasteiger partial charge in [0.05, 0.1) is 12.8 Å². The molecule has 5 nitrogen and oxygen atoms in total. The van der Waals surface area contributed by atoms with Gasteiger partial charge < -0.3 is 14.1 Å². The third kappa shape index (κ3) is 4.36. The van der Waals surface area contributed by atoms with Crippen LogP contribution in [0.2, 0.25) is 0 Å². The van der Waals surface area contributed by atoms with Gasteiger partial charge in [-0.3, -0.25) is 9.69 Å². The zero-order valence-electron chi connectivity index (χ0n) is 14.0. The van der Waals surface area contributed by atoms with Crippen LogP contribution in [0.4, 0.5) is 8.78 Å². The molecule has 0 radical (unpaired) electrons. The molecule has 0 aliphatic carbocycles. The molecule has 1 atom stereocenters. The fourth-order valence-electron chi connectivity index (χ4n) is 2.82. The summed E-state index contributed by atoms with van der Waals surface area (Å²) >= 11 is 0. The van der Waals surface area contributed by atoms with Crippen LogP contribution in [0.5, 0.6) is 5.75 Å². The summed E-state index contributed by atoms with van der Waals surface area (Å²) in [5.74, 6) is -0.942. The monoisotopic (exact) mass is 350 g/mol. The number of furan rings is 1. The molecule has 1 aliphatic rings. The van der Waals surface area contributed by atoms with E-state index in [2.05, 4.69) is 4.90 Å². The Labute approximate surface area is 144 Å². The van der Waals surface area contributed by atoms with Crippen LogP contribution in [-0.2, 0) is 11.3 Å². The predicted octanol–water partition coefficient (Wildman–Crippen LogP) is 2.67. The normalized spacial score (nSPS) is 16.7. The van der Waals surface area contributed by atoms with Gasteiger partial charge in [-0.1, -0.05) is 0 Å². The summed E-state index contributed by atoms with van der Waals surface area (Å²) in [4.78, 5) is 16.4. The number of rotatable bonds is 5. The zero-order valence-corrected chi connectivity index (χ0v) is 14.0. The van der Waals surface area contributed by atoms with Crippen molar-refractivity contribution in [3.05, 3.63) is 54.0 Å². The van der Waals surface area contributed by atoms with Crippen molar-refractivity contribution >= 4 is 5.91 Å². The van der Waals surface area contributed by atoms with Gasteiger partial charge in [0, 0.05) is 32.2 Å². The third-order valence-corrected chi connectivity index (χ3v) is 4.19. The molecule has 0 spiro atoms. The Morgan fingerprint density at radius 2 is 2.00 bits per heavy atom. The van der Waals surface area contributed by atoms with Gasteiger partial charge in [-0.2, -0.15) is 0 Å².